The summed E-state index contributed by atoms with van der Waals surface area (Å²) in [5.41, 5.74) is 1.97. The lowest BCUT2D eigenvalue weighted by atomic mass is 10.2. The molecular formula is C14H14O3S2. The predicted octanol–water partition coefficient (Wildman–Crippen LogP) is 3.37. The van der Waals surface area contributed by atoms with Crippen LogP contribution in [0.5, 0.6) is 0 Å². The van der Waals surface area contributed by atoms with Crippen molar-refractivity contribution < 1.29 is 14.1 Å². The molecule has 0 spiro atoms. The molecule has 5 heteroatoms. The molecule has 1 unspecified atom stereocenters. The molecule has 1 heterocycles. The van der Waals surface area contributed by atoms with Crippen LogP contribution in [0.2, 0.25) is 0 Å². The van der Waals surface area contributed by atoms with Gasteiger partial charge in [0.1, 0.15) is 4.88 Å². The Kier molecular flexibility index (Phi) is 4.17. The van der Waals surface area contributed by atoms with Crippen molar-refractivity contribution in [2.45, 2.75) is 24.5 Å². The number of aromatic carboxylic acids is 1. The Morgan fingerprint density at radius 1 is 1.26 bits per heavy atom. The maximum Gasteiger partial charge on any atom is 0.345 e. The van der Waals surface area contributed by atoms with Crippen LogP contribution in [0.4, 0.5) is 0 Å². The van der Waals surface area contributed by atoms with Gasteiger partial charge in [-0.05, 0) is 37.6 Å². The van der Waals surface area contributed by atoms with Crippen LogP contribution in [0.25, 0.3) is 0 Å². The van der Waals surface area contributed by atoms with E-state index in [0.29, 0.717) is 10.6 Å². The maximum absolute atomic E-state index is 12.2. The smallest absolute Gasteiger partial charge is 0.345 e. The average Bonchev–Trinajstić information content (AvgIpc) is 2.72. The zero-order valence-corrected chi connectivity index (χ0v) is 12.3. The summed E-state index contributed by atoms with van der Waals surface area (Å²) in [7, 11) is -1.14. The lowest BCUT2D eigenvalue weighted by Gasteiger charge is -2.02. The number of carboxylic acids is 1. The minimum absolute atomic E-state index is 0.299. The topological polar surface area (TPSA) is 54.4 Å². The molecule has 100 valence electrons. The number of hydrogen-bond acceptors (Lipinski definition) is 3. The van der Waals surface area contributed by atoms with Crippen LogP contribution >= 0.6 is 11.3 Å². The van der Waals surface area contributed by atoms with E-state index >= 15 is 0 Å². The van der Waals surface area contributed by atoms with E-state index in [1.807, 2.05) is 38.1 Å². The van der Waals surface area contributed by atoms with E-state index in [2.05, 4.69) is 0 Å². The van der Waals surface area contributed by atoms with Crippen molar-refractivity contribution in [2.24, 2.45) is 0 Å². The third-order valence-electron chi connectivity index (χ3n) is 2.80. The lowest BCUT2D eigenvalue weighted by Crippen LogP contribution is -1.97. The summed E-state index contributed by atoms with van der Waals surface area (Å²) >= 11 is 1.23. The number of aryl methyl sites for hydroxylation is 2. The molecule has 0 saturated heterocycles. The number of carbonyl (C=O) groups is 1. The van der Waals surface area contributed by atoms with Gasteiger partial charge in [-0.1, -0.05) is 17.7 Å². The van der Waals surface area contributed by atoms with E-state index < -0.39 is 16.8 Å². The van der Waals surface area contributed by atoms with Crippen LogP contribution in [0.15, 0.2) is 35.2 Å². The summed E-state index contributed by atoms with van der Waals surface area (Å²) in [6.07, 6.45) is 0. The van der Waals surface area contributed by atoms with Gasteiger partial charge in [0.05, 0.1) is 16.6 Å². The monoisotopic (exact) mass is 294 g/mol. The normalized spacial score (nSPS) is 12.3. The van der Waals surface area contributed by atoms with Crippen molar-refractivity contribution in [3.05, 3.63) is 51.2 Å². The molecular weight excluding hydrogens is 280 g/mol. The molecule has 0 saturated carbocycles. The summed E-state index contributed by atoms with van der Waals surface area (Å²) in [6.45, 7) is 3.84. The highest BCUT2D eigenvalue weighted by Crippen LogP contribution is 2.24. The van der Waals surface area contributed by atoms with Gasteiger partial charge in [0.15, 0.2) is 0 Å². The van der Waals surface area contributed by atoms with Crippen LogP contribution in [-0.2, 0) is 16.6 Å². The molecule has 1 aromatic heterocycles. The maximum atomic E-state index is 12.2. The molecule has 2 rings (SSSR count). The number of thiophene rings is 1. The van der Waals surface area contributed by atoms with Crippen molar-refractivity contribution in [1.82, 2.24) is 0 Å². The highest BCUT2D eigenvalue weighted by molar-refractivity contribution is 7.84. The Balaban J connectivity index is 2.19. The van der Waals surface area contributed by atoms with Gasteiger partial charge < -0.3 is 5.11 Å². The van der Waals surface area contributed by atoms with Gasteiger partial charge >= 0.3 is 5.97 Å². The molecule has 0 radical (unpaired) electrons. The number of rotatable bonds is 4. The molecule has 0 aliphatic carbocycles. The molecule has 0 aliphatic rings. The third kappa shape index (κ3) is 3.30. The highest BCUT2D eigenvalue weighted by Gasteiger charge is 2.14. The van der Waals surface area contributed by atoms with Gasteiger partial charge in [-0.2, -0.15) is 0 Å². The number of benzene rings is 1. The van der Waals surface area contributed by atoms with Crippen molar-refractivity contribution in [1.29, 1.82) is 0 Å². The van der Waals surface area contributed by atoms with Crippen molar-refractivity contribution in [3.8, 4) is 0 Å². The van der Waals surface area contributed by atoms with Crippen LogP contribution in [0.3, 0.4) is 0 Å². The largest absolute Gasteiger partial charge is 0.477 e. The third-order valence-corrected chi connectivity index (χ3v) is 5.25. The molecule has 0 bridgehead atoms. The number of hydrogen-bond donors (Lipinski definition) is 1. The van der Waals surface area contributed by atoms with E-state index in [0.717, 1.165) is 20.9 Å². The first-order valence-electron chi connectivity index (χ1n) is 5.75. The molecule has 0 fully saturated rings. The molecule has 3 nitrogen and oxygen atoms in total. The van der Waals surface area contributed by atoms with E-state index in [4.69, 9.17) is 5.11 Å². The fourth-order valence-corrected chi connectivity index (χ4v) is 3.84. The second-order valence-corrected chi connectivity index (χ2v) is 7.01. The molecule has 2 aromatic rings. The molecule has 0 aliphatic heterocycles. The van der Waals surface area contributed by atoms with Crippen LogP contribution < -0.4 is 0 Å². The van der Waals surface area contributed by atoms with E-state index in [1.165, 1.54) is 11.3 Å². The summed E-state index contributed by atoms with van der Waals surface area (Å²) in [5.74, 6) is -0.570. The molecule has 1 N–H and O–H groups in total. The van der Waals surface area contributed by atoms with Gasteiger partial charge in [-0.15, -0.1) is 11.3 Å². The summed E-state index contributed by atoms with van der Waals surface area (Å²) < 4.78 is 12.2. The van der Waals surface area contributed by atoms with Crippen molar-refractivity contribution >= 4 is 28.1 Å². The van der Waals surface area contributed by atoms with Crippen molar-refractivity contribution in [3.63, 3.8) is 0 Å². The predicted molar refractivity (Wildman–Crippen MR) is 77.3 cm³/mol. The first-order valence-corrected chi connectivity index (χ1v) is 7.88. The zero-order chi connectivity index (χ0) is 14.0. The van der Waals surface area contributed by atoms with Crippen molar-refractivity contribution in [2.75, 3.05) is 0 Å². The van der Waals surface area contributed by atoms with Gasteiger partial charge in [-0.25, -0.2) is 4.79 Å². The summed E-state index contributed by atoms with van der Waals surface area (Å²) in [4.78, 5) is 12.9. The Labute approximate surface area is 118 Å². The molecule has 19 heavy (non-hydrogen) atoms. The second-order valence-electron chi connectivity index (χ2n) is 4.30. The fraction of sp³-hybridized carbons (Fsp3) is 0.214. The van der Waals surface area contributed by atoms with Gasteiger partial charge in [0.25, 0.3) is 0 Å². The minimum Gasteiger partial charge on any atom is -0.477 e. The fourth-order valence-electron chi connectivity index (χ4n) is 1.68. The zero-order valence-electron chi connectivity index (χ0n) is 10.7. The SMILES string of the molecule is Cc1ccc(S(=O)Cc2cc(C(=O)O)sc2C)cc1. The van der Waals surface area contributed by atoms with Gasteiger partial charge in [-0.3, -0.25) is 4.21 Å². The lowest BCUT2D eigenvalue weighted by molar-refractivity contribution is 0.0702. The number of carboxylic acid groups (broad SMARTS) is 1. The summed E-state index contributed by atoms with van der Waals surface area (Å²) in [5, 5.41) is 8.94. The Hall–Kier alpha value is -1.46. The Bertz CT molecular complexity index is 627. The van der Waals surface area contributed by atoms with Gasteiger partial charge in [0, 0.05) is 9.77 Å². The molecule has 1 atom stereocenters. The first-order chi connectivity index (χ1) is 8.97. The van der Waals surface area contributed by atoms with E-state index in [-0.39, 0.29) is 0 Å². The average molecular weight is 294 g/mol. The highest BCUT2D eigenvalue weighted by atomic mass is 32.2. The Morgan fingerprint density at radius 3 is 2.42 bits per heavy atom. The van der Waals surface area contributed by atoms with E-state index in [9.17, 15) is 9.00 Å². The first kappa shape index (κ1) is 14.0. The standard InChI is InChI=1S/C14H14O3S2/c1-9-3-5-12(6-4-9)19(17)8-11-7-13(14(15)16)18-10(11)2/h3-7H,8H2,1-2H3,(H,15,16). The summed E-state index contributed by atoms with van der Waals surface area (Å²) in [6, 6.07) is 9.18. The quantitative estimate of drug-likeness (QED) is 0.940. The van der Waals surface area contributed by atoms with Crippen LogP contribution in [-0.4, -0.2) is 15.3 Å². The minimum atomic E-state index is -1.14. The Morgan fingerprint density at radius 2 is 1.89 bits per heavy atom. The molecule has 0 amide bonds. The van der Waals surface area contributed by atoms with Crippen LogP contribution in [0.1, 0.15) is 25.7 Å². The molecule has 1 aromatic carbocycles. The van der Waals surface area contributed by atoms with Gasteiger partial charge in [0.2, 0.25) is 0 Å². The van der Waals surface area contributed by atoms with E-state index in [1.54, 1.807) is 6.07 Å². The second kappa shape index (κ2) is 5.67. The van der Waals surface area contributed by atoms with Crippen LogP contribution in [0, 0.1) is 13.8 Å².